The van der Waals surface area contributed by atoms with Gasteiger partial charge < -0.3 is 15.4 Å². The summed E-state index contributed by atoms with van der Waals surface area (Å²) in [6.45, 7) is 8.47. The highest BCUT2D eigenvalue weighted by atomic mass is 16.5. The maximum absolute atomic E-state index is 11.9. The van der Waals surface area contributed by atoms with E-state index < -0.39 is 0 Å². The van der Waals surface area contributed by atoms with Gasteiger partial charge in [-0.2, -0.15) is 0 Å². The lowest BCUT2D eigenvalue weighted by Gasteiger charge is -2.25. The van der Waals surface area contributed by atoms with Gasteiger partial charge in [-0.05, 0) is 44.9 Å². The van der Waals surface area contributed by atoms with Crippen LogP contribution in [0.1, 0.15) is 45.7 Å². The predicted octanol–water partition coefficient (Wildman–Crippen LogP) is 2.65. The summed E-state index contributed by atoms with van der Waals surface area (Å²) in [5.74, 6) is 0.862. The Labute approximate surface area is 121 Å². The van der Waals surface area contributed by atoms with Crippen molar-refractivity contribution in [2.45, 2.75) is 45.7 Å². The molecular formula is C16H26N2O2. The summed E-state index contributed by atoms with van der Waals surface area (Å²) in [5, 5.41) is 6.24. The Hall–Kier alpha value is -1.55. The number of methoxy groups -OCH3 is 1. The molecule has 1 aromatic carbocycles. The quantitative estimate of drug-likeness (QED) is 0.806. The van der Waals surface area contributed by atoms with Crippen LogP contribution in [0.4, 0.5) is 0 Å². The van der Waals surface area contributed by atoms with Gasteiger partial charge in [0, 0.05) is 11.6 Å². The van der Waals surface area contributed by atoms with E-state index in [-0.39, 0.29) is 17.5 Å². The number of hydrogen-bond acceptors (Lipinski definition) is 3. The lowest BCUT2D eigenvalue weighted by Crippen LogP contribution is -2.46. The molecule has 0 bridgehead atoms. The van der Waals surface area contributed by atoms with Crippen molar-refractivity contribution in [3.8, 4) is 5.75 Å². The molecule has 1 amide bonds. The minimum atomic E-state index is -0.151. The third-order valence-electron chi connectivity index (χ3n) is 3.55. The van der Waals surface area contributed by atoms with Crippen molar-refractivity contribution in [1.29, 1.82) is 0 Å². The Morgan fingerprint density at radius 2 is 1.90 bits per heavy atom. The molecule has 0 unspecified atom stereocenters. The summed E-state index contributed by atoms with van der Waals surface area (Å²) in [6.07, 6.45) is 0.909. The summed E-state index contributed by atoms with van der Waals surface area (Å²) in [4.78, 5) is 11.9. The second-order valence-corrected chi connectivity index (χ2v) is 5.66. The van der Waals surface area contributed by atoms with Gasteiger partial charge in [0.15, 0.2) is 0 Å². The molecule has 0 aromatic heterocycles. The van der Waals surface area contributed by atoms with E-state index in [4.69, 9.17) is 4.74 Å². The fraction of sp³-hybridized carbons (Fsp3) is 0.562. The van der Waals surface area contributed by atoms with Crippen LogP contribution in [0.5, 0.6) is 5.75 Å². The second kappa shape index (κ2) is 7.29. The molecule has 0 spiro atoms. The van der Waals surface area contributed by atoms with E-state index in [1.165, 1.54) is 0 Å². The number of hydrogen-bond donors (Lipinski definition) is 2. The van der Waals surface area contributed by atoms with Gasteiger partial charge in [0.2, 0.25) is 5.91 Å². The van der Waals surface area contributed by atoms with Crippen molar-refractivity contribution in [1.82, 2.24) is 10.6 Å². The molecule has 1 atom stereocenters. The largest absolute Gasteiger partial charge is 0.497 e. The summed E-state index contributed by atoms with van der Waals surface area (Å²) < 4.78 is 5.13. The van der Waals surface area contributed by atoms with Gasteiger partial charge in [0.05, 0.1) is 13.7 Å². The third kappa shape index (κ3) is 5.21. The molecule has 112 valence electrons. The van der Waals surface area contributed by atoms with E-state index in [9.17, 15) is 4.79 Å². The minimum Gasteiger partial charge on any atom is -0.497 e. The summed E-state index contributed by atoms with van der Waals surface area (Å²) in [6, 6.07) is 7.98. The van der Waals surface area contributed by atoms with Crippen LogP contribution in [0.3, 0.4) is 0 Å². The van der Waals surface area contributed by atoms with Crippen LogP contribution < -0.4 is 15.4 Å². The highest BCUT2D eigenvalue weighted by Gasteiger charge is 2.17. The molecule has 0 radical (unpaired) electrons. The Morgan fingerprint density at radius 3 is 2.40 bits per heavy atom. The Balaban J connectivity index is 2.46. The van der Waals surface area contributed by atoms with E-state index in [0.29, 0.717) is 6.54 Å². The topological polar surface area (TPSA) is 50.4 Å². The van der Waals surface area contributed by atoms with Gasteiger partial charge in [-0.25, -0.2) is 0 Å². The molecule has 2 N–H and O–H groups in total. The molecule has 0 aliphatic carbocycles. The maximum Gasteiger partial charge on any atom is 0.234 e. The normalized spacial score (nSPS) is 12.8. The molecule has 0 saturated carbocycles. The average Bonchev–Trinajstić information content (AvgIpc) is 2.44. The molecule has 1 rings (SSSR count). The second-order valence-electron chi connectivity index (χ2n) is 5.66. The highest BCUT2D eigenvalue weighted by molar-refractivity contribution is 5.78. The van der Waals surface area contributed by atoms with Crippen molar-refractivity contribution in [3.05, 3.63) is 29.8 Å². The van der Waals surface area contributed by atoms with E-state index in [2.05, 4.69) is 17.6 Å². The number of amides is 1. The van der Waals surface area contributed by atoms with E-state index >= 15 is 0 Å². The molecule has 0 aliphatic heterocycles. The smallest absolute Gasteiger partial charge is 0.234 e. The number of nitrogens with one attached hydrogen (secondary N) is 2. The summed E-state index contributed by atoms with van der Waals surface area (Å²) in [5.41, 5.74) is 0.982. The average molecular weight is 278 g/mol. The first-order valence-corrected chi connectivity index (χ1v) is 7.06. The van der Waals surface area contributed by atoms with Gasteiger partial charge in [0.25, 0.3) is 0 Å². The summed E-state index contributed by atoms with van der Waals surface area (Å²) in [7, 11) is 1.65. The highest BCUT2D eigenvalue weighted by Crippen LogP contribution is 2.17. The Bertz CT molecular complexity index is 427. The van der Waals surface area contributed by atoms with Crippen LogP contribution in [0.2, 0.25) is 0 Å². The maximum atomic E-state index is 11.9. The molecule has 0 saturated heterocycles. The van der Waals surface area contributed by atoms with Crippen LogP contribution in [0.15, 0.2) is 24.3 Å². The fourth-order valence-electron chi connectivity index (χ4n) is 1.77. The van der Waals surface area contributed by atoms with Crippen LogP contribution in [-0.4, -0.2) is 25.1 Å². The van der Waals surface area contributed by atoms with Crippen LogP contribution in [-0.2, 0) is 4.79 Å². The number of benzene rings is 1. The molecular weight excluding hydrogens is 252 g/mol. The molecule has 4 nitrogen and oxygen atoms in total. The fourth-order valence-corrected chi connectivity index (χ4v) is 1.77. The first kappa shape index (κ1) is 16.5. The SMILES string of the molecule is CCC(C)(C)NC(=O)CN[C@H](C)c1ccc(OC)cc1. The zero-order valence-corrected chi connectivity index (χ0v) is 13.1. The Kier molecular flexibility index (Phi) is 6.02. The molecule has 0 aliphatic rings. The number of rotatable bonds is 7. The molecule has 1 aromatic rings. The van der Waals surface area contributed by atoms with Crippen LogP contribution in [0, 0.1) is 0 Å². The zero-order valence-electron chi connectivity index (χ0n) is 13.1. The van der Waals surface area contributed by atoms with Crippen molar-refractivity contribution >= 4 is 5.91 Å². The number of carbonyl (C=O) groups excluding carboxylic acids is 1. The zero-order chi connectivity index (χ0) is 15.2. The molecule has 0 heterocycles. The Morgan fingerprint density at radius 1 is 1.30 bits per heavy atom. The van der Waals surface area contributed by atoms with Crippen molar-refractivity contribution < 1.29 is 9.53 Å². The van der Waals surface area contributed by atoms with Gasteiger partial charge in [-0.3, -0.25) is 4.79 Å². The van der Waals surface area contributed by atoms with Crippen molar-refractivity contribution in [2.24, 2.45) is 0 Å². The lowest BCUT2D eigenvalue weighted by molar-refractivity contribution is -0.122. The minimum absolute atomic E-state index is 0.0252. The van der Waals surface area contributed by atoms with Crippen molar-refractivity contribution in [3.63, 3.8) is 0 Å². The molecule has 0 fully saturated rings. The van der Waals surface area contributed by atoms with Gasteiger partial charge in [-0.1, -0.05) is 19.1 Å². The van der Waals surface area contributed by atoms with Crippen molar-refractivity contribution in [2.75, 3.05) is 13.7 Å². The number of ether oxygens (including phenoxy) is 1. The van der Waals surface area contributed by atoms with E-state index in [0.717, 1.165) is 17.7 Å². The van der Waals surface area contributed by atoms with Crippen LogP contribution >= 0.6 is 0 Å². The predicted molar refractivity (Wildman–Crippen MR) is 81.9 cm³/mol. The van der Waals surface area contributed by atoms with Gasteiger partial charge in [0.1, 0.15) is 5.75 Å². The van der Waals surface area contributed by atoms with Crippen LogP contribution in [0.25, 0.3) is 0 Å². The standard InChI is InChI=1S/C16H26N2O2/c1-6-16(3,4)18-15(19)11-17-12(2)13-7-9-14(20-5)10-8-13/h7-10,12,17H,6,11H2,1-5H3,(H,18,19)/t12-/m1/s1. The lowest BCUT2D eigenvalue weighted by atomic mass is 10.0. The van der Waals surface area contributed by atoms with E-state index in [1.54, 1.807) is 7.11 Å². The summed E-state index contributed by atoms with van der Waals surface area (Å²) >= 11 is 0. The molecule has 20 heavy (non-hydrogen) atoms. The number of carbonyl (C=O) groups is 1. The first-order chi connectivity index (χ1) is 9.38. The first-order valence-electron chi connectivity index (χ1n) is 7.06. The monoisotopic (exact) mass is 278 g/mol. The van der Waals surface area contributed by atoms with Gasteiger partial charge in [-0.15, -0.1) is 0 Å². The van der Waals surface area contributed by atoms with E-state index in [1.807, 2.05) is 45.0 Å². The third-order valence-corrected chi connectivity index (χ3v) is 3.55. The van der Waals surface area contributed by atoms with Gasteiger partial charge >= 0.3 is 0 Å². The molecule has 4 heteroatoms.